The van der Waals surface area contributed by atoms with Crippen molar-refractivity contribution in [1.82, 2.24) is 9.88 Å². The molecule has 0 saturated heterocycles. The lowest BCUT2D eigenvalue weighted by Gasteiger charge is -2.36. The summed E-state index contributed by atoms with van der Waals surface area (Å²) in [6.45, 7) is 0. The van der Waals surface area contributed by atoms with Crippen LogP contribution in [0.3, 0.4) is 0 Å². The second kappa shape index (κ2) is 8.21. The number of hydrogen-bond acceptors (Lipinski definition) is 5. The standard InChI is InChI=1S/C24H20N2O4/c1-29-18-12-10-16(11-13-18)21-15-17-7-3-4-8-19(17)22(24(28)30-2)26(21)23(27)20-9-5-6-14-25-20/h3-15,22H,1-2H3. The summed E-state index contributed by atoms with van der Waals surface area (Å²) >= 11 is 0. The molecule has 4 rings (SSSR count). The average Bonchev–Trinajstić information content (AvgIpc) is 2.82. The second-order valence-corrected chi connectivity index (χ2v) is 6.70. The molecule has 2 aromatic carbocycles. The highest BCUT2D eigenvalue weighted by Crippen LogP contribution is 2.40. The van der Waals surface area contributed by atoms with Crippen molar-refractivity contribution in [2.75, 3.05) is 14.2 Å². The molecule has 1 atom stereocenters. The van der Waals surface area contributed by atoms with E-state index in [4.69, 9.17) is 9.47 Å². The van der Waals surface area contributed by atoms with Crippen molar-refractivity contribution >= 4 is 23.6 Å². The Labute approximate surface area is 174 Å². The molecule has 6 nitrogen and oxygen atoms in total. The molecule has 0 N–H and O–H groups in total. The van der Waals surface area contributed by atoms with Crippen LogP contribution in [0.5, 0.6) is 5.75 Å². The highest BCUT2D eigenvalue weighted by molar-refractivity contribution is 6.05. The van der Waals surface area contributed by atoms with Crippen molar-refractivity contribution in [2.24, 2.45) is 0 Å². The Morgan fingerprint density at radius 2 is 1.67 bits per heavy atom. The number of pyridine rings is 1. The third-order valence-corrected chi connectivity index (χ3v) is 5.01. The SMILES string of the molecule is COC(=O)C1c2ccccc2C=C(c2ccc(OC)cc2)N1C(=O)c1ccccn1. The van der Waals surface area contributed by atoms with Gasteiger partial charge in [0.2, 0.25) is 0 Å². The molecular formula is C24H20N2O4. The Hall–Kier alpha value is -3.93. The first-order valence-corrected chi connectivity index (χ1v) is 9.41. The summed E-state index contributed by atoms with van der Waals surface area (Å²) in [6, 6.07) is 19.0. The molecule has 1 unspecified atom stereocenters. The van der Waals surface area contributed by atoms with Crippen LogP contribution in [0.15, 0.2) is 72.9 Å². The van der Waals surface area contributed by atoms with Gasteiger partial charge in [-0.1, -0.05) is 30.3 Å². The Balaban J connectivity index is 1.92. The number of ether oxygens (including phenoxy) is 2. The van der Waals surface area contributed by atoms with Gasteiger partial charge in [-0.15, -0.1) is 0 Å². The highest BCUT2D eigenvalue weighted by atomic mass is 16.5. The molecule has 30 heavy (non-hydrogen) atoms. The van der Waals surface area contributed by atoms with Gasteiger partial charge in [0.05, 0.1) is 19.9 Å². The third kappa shape index (κ3) is 3.43. The van der Waals surface area contributed by atoms with Gasteiger partial charge in [0.25, 0.3) is 5.91 Å². The van der Waals surface area contributed by atoms with Crippen LogP contribution in [0.4, 0.5) is 0 Å². The summed E-state index contributed by atoms with van der Waals surface area (Å²) in [5.74, 6) is -0.212. The molecule has 1 aliphatic heterocycles. The lowest BCUT2D eigenvalue weighted by molar-refractivity contribution is -0.145. The number of fused-ring (bicyclic) bond motifs is 1. The van der Waals surface area contributed by atoms with E-state index in [0.717, 1.165) is 11.1 Å². The summed E-state index contributed by atoms with van der Waals surface area (Å²) in [5.41, 5.74) is 3.14. The number of rotatable bonds is 4. The molecule has 1 aromatic heterocycles. The molecule has 0 spiro atoms. The molecular weight excluding hydrogens is 380 g/mol. The number of hydrogen-bond donors (Lipinski definition) is 0. The van der Waals surface area contributed by atoms with Crippen molar-refractivity contribution in [2.45, 2.75) is 6.04 Å². The highest BCUT2D eigenvalue weighted by Gasteiger charge is 2.39. The molecule has 0 aliphatic carbocycles. The summed E-state index contributed by atoms with van der Waals surface area (Å²) in [6.07, 6.45) is 3.45. The Kier molecular flexibility index (Phi) is 5.30. The molecule has 0 fully saturated rings. The first kappa shape index (κ1) is 19.4. The number of amides is 1. The molecule has 2 heterocycles. The van der Waals surface area contributed by atoms with Crippen LogP contribution >= 0.6 is 0 Å². The predicted octanol–water partition coefficient (Wildman–Crippen LogP) is 3.96. The molecule has 0 radical (unpaired) electrons. The van der Waals surface area contributed by atoms with Gasteiger partial charge < -0.3 is 9.47 Å². The minimum atomic E-state index is -0.928. The monoisotopic (exact) mass is 400 g/mol. The van der Waals surface area contributed by atoms with Crippen LogP contribution < -0.4 is 4.74 Å². The number of methoxy groups -OCH3 is 2. The zero-order valence-corrected chi connectivity index (χ0v) is 16.6. The zero-order chi connectivity index (χ0) is 21.1. The molecule has 1 amide bonds. The fourth-order valence-corrected chi connectivity index (χ4v) is 3.55. The smallest absolute Gasteiger partial charge is 0.333 e. The van der Waals surface area contributed by atoms with E-state index in [1.807, 2.05) is 54.6 Å². The first-order chi connectivity index (χ1) is 14.6. The minimum absolute atomic E-state index is 0.241. The van der Waals surface area contributed by atoms with Crippen LogP contribution in [0.2, 0.25) is 0 Å². The van der Waals surface area contributed by atoms with Gasteiger partial charge in [0.1, 0.15) is 11.4 Å². The van der Waals surface area contributed by atoms with E-state index in [-0.39, 0.29) is 11.6 Å². The number of esters is 1. The van der Waals surface area contributed by atoms with Crippen LogP contribution in [-0.2, 0) is 9.53 Å². The lowest BCUT2D eigenvalue weighted by Crippen LogP contribution is -2.40. The van der Waals surface area contributed by atoms with E-state index >= 15 is 0 Å². The van der Waals surface area contributed by atoms with E-state index in [1.165, 1.54) is 12.0 Å². The van der Waals surface area contributed by atoms with Crippen molar-refractivity contribution in [3.63, 3.8) is 0 Å². The molecule has 0 saturated carbocycles. The van der Waals surface area contributed by atoms with Crippen molar-refractivity contribution < 1.29 is 19.1 Å². The molecule has 150 valence electrons. The topological polar surface area (TPSA) is 68.7 Å². The summed E-state index contributed by atoms with van der Waals surface area (Å²) in [7, 11) is 2.91. The number of benzene rings is 2. The number of carbonyl (C=O) groups excluding carboxylic acids is 2. The third-order valence-electron chi connectivity index (χ3n) is 5.01. The molecule has 1 aliphatic rings. The number of carbonyl (C=O) groups is 2. The normalized spacial score (nSPS) is 15.1. The minimum Gasteiger partial charge on any atom is -0.497 e. The van der Waals surface area contributed by atoms with Gasteiger partial charge in [0.15, 0.2) is 6.04 Å². The maximum Gasteiger partial charge on any atom is 0.333 e. The number of aromatic nitrogens is 1. The van der Waals surface area contributed by atoms with Gasteiger partial charge in [-0.25, -0.2) is 4.79 Å². The van der Waals surface area contributed by atoms with E-state index in [2.05, 4.69) is 4.98 Å². The van der Waals surface area contributed by atoms with E-state index in [1.54, 1.807) is 31.5 Å². The fourth-order valence-electron chi connectivity index (χ4n) is 3.55. The van der Waals surface area contributed by atoms with Gasteiger partial charge in [-0.3, -0.25) is 14.7 Å². The predicted molar refractivity (Wildman–Crippen MR) is 112 cm³/mol. The van der Waals surface area contributed by atoms with E-state index in [0.29, 0.717) is 17.0 Å². The largest absolute Gasteiger partial charge is 0.497 e. The van der Waals surface area contributed by atoms with Gasteiger partial charge in [-0.05, 0) is 59.2 Å². The van der Waals surface area contributed by atoms with Gasteiger partial charge >= 0.3 is 5.97 Å². The quantitative estimate of drug-likeness (QED) is 0.620. The van der Waals surface area contributed by atoms with Crippen molar-refractivity contribution in [3.05, 3.63) is 95.3 Å². The Morgan fingerprint density at radius 3 is 2.33 bits per heavy atom. The van der Waals surface area contributed by atoms with Crippen LogP contribution in [0.1, 0.15) is 33.2 Å². The lowest BCUT2D eigenvalue weighted by atomic mass is 9.91. The number of nitrogens with zero attached hydrogens (tertiary/aromatic N) is 2. The fraction of sp³-hybridized carbons (Fsp3) is 0.125. The first-order valence-electron chi connectivity index (χ1n) is 9.41. The average molecular weight is 400 g/mol. The Bertz CT molecular complexity index is 1110. The molecule has 3 aromatic rings. The summed E-state index contributed by atoms with van der Waals surface area (Å²) in [5, 5.41) is 0. The van der Waals surface area contributed by atoms with E-state index in [9.17, 15) is 9.59 Å². The van der Waals surface area contributed by atoms with Crippen molar-refractivity contribution in [3.8, 4) is 5.75 Å². The molecule has 6 heteroatoms. The molecule has 0 bridgehead atoms. The van der Waals surface area contributed by atoms with Crippen LogP contribution in [0.25, 0.3) is 11.8 Å². The van der Waals surface area contributed by atoms with Gasteiger partial charge in [0, 0.05) is 6.20 Å². The zero-order valence-electron chi connectivity index (χ0n) is 16.6. The maximum absolute atomic E-state index is 13.5. The second-order valence-electron chi connectivity index (χ2n) is 6.70. The Morgan fingerprint density at radius 1 is 0.933 bits per heavy atom. The summed E-state index contributed by atoms with van der Waals surface area (Å²) < 4.78 is 10.3. The van der Waals surface area contributed by atoms with Crippen LogP contribution in [0, 0.1) is 0 Å². The summed E-state index contributed by atoms with van der Waals surface area (Å²) in [4.78, 5) is 32.1. The van der Waals surface area contributed by atoms with E-state index < -0.39 is 12.0 Å². The van der Waals surface area contributed by atoms with Crippen molar-refractivity contribution in [1.29, 1.82) is 0 Å². The maximum atomic E-state index is 13.5. The van der Waals surface area contributed by atoms with Crippen LogP contribution in [-0.4, -0.2) is 36.0 Å². The van der Waals surface area contributed by atoms with Gasteiger partial charge in [-0.2, -0.15) is 0 Å².